The summed E-state index contributed by atoms with van der Waals surface area (Å²) in [5.41, 5.74) is 1.20. The van der Waals surface area contributed by atoms with Crippen molar-refractivity contribution in [2.75, 3.05) is 14.2 Å². The molecule has 0 heterocycles. The Balaban J connectivity index is 1.39. The van der Waals surface area contributed by atoms with Crippen LogP contribution in [0.5, 0.6) is 11.5 Å². The van der Waals surface area contributed by atoms with Crippen LogP contribution in [0.15, 0.2) is 28.7 Å². The summed E-state index contributed by atoms with van der Waals surface area (Å²) < 4.78 is 40.8. The maximum atomic E-state index is 13.4. The van der Waals surface area contributed by atoms with Crippen LogP contribution in [0, 0.1) is 29.1 Å². The molecule has 4 aliphatic rings. The first kappa shape index (κ1) is 25.3. The van der Waals surface area contributed by atoms with Gasteiger partial charge < -0.3 is 14.2 Å². The van der Waals surface area contributed by atoms with Crippen LogP contribution >= 0.6 is 0 Å². The highest BCUT2D eigenvalue weighted by Gasteiger charge is 2.57. The lowest BCUT2D eigenvalue weighted by Crippen LogP contribution is -2.48. The summed E-state index contributed by atoms with van der Waals surface area (Å²) in [4.78, 5) is 25.1. The third-order valence-corrected chi connectivity index (χ3v) is 10.4. The van der Waals surface area contributed by atoms with E-state index in [-0.39, 0.29) is 39.3 Å². The van der Waals surface area contributed by atoms with Crippen LogP contribution in [0.4, 0.5) is 0 Å². The SMILES string of the molecule is COc1cc(S(N)(=O)=O)cc(C(=O)O[C@H]2CCC3C4CCC5=CC(=O)CCC5C4CC[C@@]32C)c1OC. The lowest BCUT2D eigenvalue weighted by atomic mass is 9.52. The Morgan fingerprint density at radius 2 is 1.81 bits per heavy atom. The van der Waals surface area contributed by atoms with Gasteiger partial charge in [0.2, 0.25) is 10.0 Å². The Morgan fingerprint density at radius 1 is 1.03 bits per heavy atom. The topological polar surface area (TPSA) is 122 Å². The Hall–Kier alpha value is -2.39. The van der Waals surface area contributed by atoms with E-state index in [9.17, 15) is 18.0 Å². The van der Waals surface area contributed by atoms with Crippen molar-refractivity contribution in [3.63, 3.8) is 0 Å². The van der Waals surface area contributed by atoms with Gasteiger partial charge in [-0.05, 0) is 80.8 Å². The summed E-state index contributed by atoms with van der Waals surface area (Å²) in [5.74, 6) is 2.01. The van der Waals surface area contributed by atoms with Crippen molar-refractivity contribution in [2.45, 2.75) is 69.3 Å². The minimum atomic E-state index is -4.07. The van der Waals surface area contributed by atoms with Gasteiger partial charge in [0.1, 0.15) is 11.7 Å². The maximum Gasteiger partial charge on any atom is 0.342 e. The van der Waals surface area contributed by atoms with E-state index in [4.69, 9.17) is 19.3 Å². The molecule has 0 radical (unpaired) electrons. The molecule has 196 valence electrons. The number of ketones is 1. The Morgan fingerprint density at radius 3 is 2.50 bits per heavy atom. The van der Waals surface area contributed by atoms with Crippen molar-refractivity contribution < 1.29 is 32.2 Å². The number of esters is 1. The average Bonchev–Trinajstić information content (AvgIpc) is 3.18. The van der Waals surface area contributed by atoms with Crippen molar-refractivity contribution in [3.05, 3.63) is 29.3 Å². The lowest BCUT2D eigenvalue weighted by Gasteiger charge is -2.53. The van der Waals surface area contributed by atoms with Crippen LogP contribution in [0.25, 0.3) is 0 Å². The summed E-state index contributed by atoms with van der Waals surface area (Å²) in [6.45, 7) is 2.24. The minimum Gasteiger partial charge on any atom is -0.493 e. The highest BCUT2D eigenvalue weighted by molar-refractivity contribution is 7.89. The van der Waals surface area contributed by atoms with E-state index in [0.29, 0.717) is 30.1 Å². The molecule has 0 aliphatic heterocycles. The first-order valence-electron chi connectivity index (χ1n) is 12.8. The zero-order valence-electron chi connectivity index (χ0n) is 21.1. The number of nitrogens with two attached hydrogens (primary N) is 1. The Labute approximate surface area is 212 Å². The first-order chi connectivity index (χ1) is 17.1. The first-order valence-corrected chi connectivity index (χ1v) is 14.3. The molecule has 0 saturated heterocycles. The molecule has 3 saturated carbocycles. The number of carbonyl (C=O) groups is 2. The predicted molar refractivity (Wildman–Crippen MR) is 132 cm³/mol. The fourth-order valence-electron chi connectivity index (χ4n) is 7.77. The molecule has 1 aromatic carbocycles. The second-order valence-corrected chi connectivity index (χ2v) is 12.6. The van der Waals surface area contributed by atoms with Crippen LogP contribution in [0.3, 0.4) is 0 Å². The summed E-state index contributed by atoms with van der Waals surface area (Å²) in [7, 11) is -1.31. The molecule has 9 heteroatoms. The van der Waals surface area contributed by atoms with Gasteiger partial charge in [-0.3, -0.25) is 4.79 Å². The molecule has 1 aromatic rings. The molecule has 6 atom stereocenters. The number of hydrogen-bond donors (Lipinski definition) is 1. The largest absolute Gasteiger partial charge is 0.493 e. The van der Waals surface area contributed by atoms with Crippen LogP contribution in [-0.2, 0) is 19.6 Å². The van der Waals surface area contributed by atoms with Crippen LogP contribution in [-0.4, -0.2) is 40.5 Å². The molecular formula is C27H35NO7S. The monoisotopic (exact) mass is 517 g/mol. The summed E-state index contributed by atoms with van der Waals surface area (Å²) >= 11 is 0. The van der Waals surface area contributed by atoms with Crippen molar-refractivity contribution in [2.24, 2.45) is 34.2 Å². The molecule has 0 aromatic heterocycles. The normalized spacial score (nSPS) is 33.6. The van der Waals surface area contributed by atoms with E-state index >= 15 is 0 Å². The molecule has 36 heavy (non-hydrogen) atoms. The number of fused-ring (bicyclic) bond motifs is 5. The third-order valence-electron chi connectivity index (χ3n) is 9.46. The highest BCUT2D eigenvalue weighted by Crippen LogP contribution is 2.62. The number of rotatable bonds is 5. The Bertz CT molecular complexity index is 1220. The van der Waals surface area contributed by atoms with E-state index < -0.39 is 16.0 Å². The van der Waals surface area contributed by atoms with Crippen molar-refractivity contribution in [1.29, 1.82) is 0 Å². The second kappa shape index (κ2) is 9.17. The van der Waals surface area contributed by atoms with Gasteiger partial charge >= 0.3 is 5.97 Å². The maximum absolute atomic E-state index is 13.4. The fourth-order valence-corrected chi connectivity index (χ4v) is 8.33. The number of allylic oxidation sites excluding steroid dienone is 1. The standard InChI is InChI=1S/C27H35NO7S/c1-27-11-10-19-18-7-5-16(29)12-15(18)4-6-20(19)22(27)8-9-24(27)35-26(30)21-13-17(36(28,31)32)14-23(33-2)25(21)34-3/h12-14,18-20,22,24H,4-11H2,1-3H3,(H2,28,31,32)/t18?,19?,20?,22?,24-,27-/m0/s1. The number of benzene rings is 1. The summed E-state index contributed by atoms with van der Waals surface area (Å²) in [5, 5.41) is 5.33. The number of carbonyl (C=O) groups excluding carboxylic acids is 2. The Kier molecular flexibility index (Phi) is 6.44. The smallest absolute Gasteiger partial charge is 0.342 e. The third kappa shape index (κ3) is 4.14. The van der Waals surface area contributed by atoms with Gasteiger partial charge in [-0.1, -0.05) is 12.5 Å². The van der Waals surface area contributed by atoms with Crippen LogP contribution < -0.4 is 14.6 Å². The quantitative estimate of drug-likeness (QED) is 0.586. The van der Waals surface area contributed by atoms with Gasteiger partial charge in [0.05, 0.1) is 19.1 Å². The van der Waals surface area contributed by atoms with Crippen molar-refractivity contribution in [3.8, 4) is 11.5 Å². The molecule has 4 unspecified atom stereocenters. The number of hydrogen-bond acceptors (Lipinski definition) is 7. The zero-order valence-corrected chi connectivity index (χ0v) is 21.9. The van der Waals surface area contributed by atoms with E-state index in [2.05, 4.69) is 6.92 Å². The fraction of sp³-hybridized carbons (Fsp3) is 0.630. The van der Waals surface area contributed by atoms with Gasteiger partial charge in [0.25, 0.3) is 0 Å². The van der Waals surface area contributed by atoms with Gasteiger partial charge in [-0.2, -0.15) is 0 Å². The molecule has 2 N–H and O–H groups in total. The van der Waals surface area contributed by atoms with Gasteiger partial charge in [-0.15, -0.1) is 0 Å². The molecule has 4 aliphatic carbocycles. The number of ether oxygens (including phenoxy) is 3. The number of sulfonamides is 1. The molecule has 3 fully saturated rings. The van der Waals surface area contributed by atoms with Crippen LogP contribution in [0.1, 0.15) is 68.6 Å². The van der Waals surface area contributed by atoms with Gasteiger partial charge in [0, 0.05) is 17.9 Å². The average molecular weight is 518 g/mol. The summed E-state index contributed by atoms with van der Waals surface area (Å²) in [6.07, 6.45) is 9.15. The van der Waals surface area contributed by atoms with E-state index in [1.807, 2.05) is 6.08 Å². The molecule has 8 nitrogen and oxygen atoms in total. The van der Waals surface area contributed by atoms with Gasteiger partial charge in [-0.25, -0.2) is 18.4 Å². The molecule has 0 spiro atoms. The minimum absolute atomic E-state index is 0.0130. The number of primary sulfonamides is 1. The van der Waals surface area contributed by atoms with Crippen molar-refractivity contribution in [1.82, 2.24) is 0 Å². The van der Waals surface area contributed by atoms with E-state index in [0.717, 1.165) is 44.9 Å². The van der Waals surface area contributed by atoms with E-state index in [1.165, 1.54) is 31.9 Å². The molecule has 5 rings (SSSR count). The van der Waals surface area contributed by atoms with Crippen LogP contribution in [0.2, 0.25) is 0 Å². The molecule has 0 bridgehead atoms. The van der Waals surface area contributed by atoms with E-state index in [1.54, 1.807) is 0 Å². The number of methoxy groups -OCH3 is 2. The predicted octanol–water partition coefficient (Wildman–Crippen LogP) is 4.02. The molecule has 0 amide bonds. The highest BCUT2D eigenvalue weighted by atomic mass is 32.2. The molecular weight excluding hydrogens is 482 g/mol. The second-order valence-electron chi connectivity index (χ2n) is 11.1. The van der Waals surface area contributed by atoms with Crippen molar-refractivity contribution >= 4 is 21.8 Å². The zero-order chi connectivity index (χ0) is 25.8. The lowest BCUT2D eigenvalue weighted by molar-refractivity contribution is -0.116. The summed E-state index contributed by atoms with van der Waals surface area (Å²) in [6, 6.07) is 2.44. The van der Waals surface area contributed by atoms with Gasteiger partial charge in [0.15, 0.2) is 17.3 Å².